The van der Waals surface area contributed by atoms with Gasteiger partial charge in [-0.05, 0) is 30.0 Å². The van der Waals surface area contributed by atoms with Crippen molar-refractivity contribution in [2.45, 2.75) is 13.5 Å². The lowest BCUT2D eigenvalue weighted by atomic mass is 10.3. The molecule has 0 fully saturated rings. The fraction of sp³-hybridized carbons (Fsp3) is 0.182. The van der Waals surface area contributed by atoms with E-state index in [0.29, 0.717) is 6.54 Å². The molecule has 0 aliphatic carbocycles. The molecule has 72 valence electrons. The molecular formula is C11H11NOS. The van der Waals surface area contributed by atoms with Crippen molar-refractivity contribution in [3.05, 3.63) is 56.6 Å². The van der Waals surface area contributed by atoms with Crippen LogP contribution < -0.4 is 5.56 Å². The van der Waals surface area contributed by atoms with Crippen LogP contribution in [0.3, 0.4) is 0 Å². The molecule has 0 saturated heterocycles. The Morgan fingerprint density at radius 1 is 1.43 bits per heavy atom. The van der Waals surface area contributed by atoms with Gasteiger partial charge in [0.2, 0.25) is 0 Å². The Labute approximate surface area is 86.4 Å². The van der Waals surface area contributed by atoms with Gasteiger partial charge in [0.15, 0.2) is 0 Å². The average molecular weight is 205 g/mol. The van der Waals surface area contributed by atoms with E-state index in [9.17, 15) is 4.79 Å². The third-order valence-electron chi connectivity index (χ3n) is 2.06. The van der Waals surface area contributed by atoms with Crippen molar-refractivity contribution in [2.75, 3.05) is 0 Å². The van der Waals surface area contributed by atoms with Crippen molar-refractivity contribution >= 4 is 11.3 Å². The van der Waals surface area contributed by atoms with Crippen LogP contribution in [0.25, 0.3) is 0 Å². The molecule has 2 nitrogen and oxygen atoms in total. The predicted molar refractivity (Wildman–Crippen MR) is 58.9 cm³/mol. The first-order chi connectivity index (χ1) is 6.75. The first-order valence-corrected chi connectivity index (χ1v) is 5.33. The Bertz CT molecular complexity index is 470. The van der Waals surface area contributed by atoms with Gasteiger partial charge < -0.3 is 4.57 Å². The second-order valence-electron chi connectivity index (χ2n) is 3.25. The molecule has 3 heteroatoms. The molecule has 0 aliphatic rings. The average Bonchev–Trinajstić information content (AvgIpc) is 2.62. The zero-order valence-corrected chi connectivity index (χ0v) is 8.75. The van der Waals surface area contributed by atoms with Crippen molar-refractivity contribution in [2.24, 2.45) is 0 Å². The van der Waals surface area contributed by atoms with Gasteiger partial charge in [0, 0.05) is 17.1 Å². The molecule has 2 rings (SSSR count). The van der Waals surface area contributed by atoms with Gasteiger partial charge in [-0.25, -0.2) is 0 Å². The molecule has 2 heterocycles. The summed E-state index contributed by atoms with van der Waals surface area (Å²) < 4.78 is 1.72. The van der Waals surface area contributed by atoms with Crippen LogP contribution >= 0.6 is 11.3 Å². The van der Waals surface area contributed by atoms with Crippen molar-refractivity contribution in [1.82, 2.24) is 4.57 Å². The van der Waals surface area contributed by atoms with Crippen LogP contribution in [0, 0.1) is 6.92 Å². The minimum Gasteiger partial charge on any atom is -0.310 e. The quantitative estimate of drug-likeness (QED) is 0.737. The SMILES string of the molecule is Cc1ccn(Cc2cccs2)c(=O)c1. The molecule has 2 aromatic heterocycles. The summed E-state index contributed by atoms with van der Waals surface area (Å²) in [6, 6.07) is 7.65. The molecule has 0 aromatic carbocycles. The minimum absolute atomic E-state index is 0.0680. The topological polar surface area (TPSA) is 22.0 Å². The number of aromatic nitrogens is 1. The third-order valence-corrected chi connectivity index (χ3v) is 2.92. The summed E-state index contributed by atoms with van der Waals surface area (Å²) in [5, 5.41) is 2.02. The molecule has 0 atom stereocenters. The molecule has 14 heavy (non-hydrogen) atoms. The number of pyridine rings is 1. The summed E-state index contributed by atoms with van der Waals surface area (Å²) in [6.45, 7) is 2.60. The van der Waals surface area contributed by atoms with Crippen LogP contribution in [-0.2, 0) is 6.54 Å². The summed E-state index contributed by atoms with van der Waals surface area (Å²) >= 11 is 1.67. The van der Waals surface area contributed by atoms with Crippen LogP contribution in [0.5, 0.6) is 0 Å². The summed E-state index contributed by atoms with van der Waals surface area (Å²) in [7, 11) is 0. The number of rotatable bonds is 2. The maximum Gasteiger partial charge on any atom is 0.251 e. The lowest BCUT2D eigenvalue weighted by Crippen LogP contribution is -2.18. The normalized spacial score (nSPS) is 10.4. The summed E-state index contributed by atoms with van der Waals surface area (Å²) in [5.74, 6) is 0. The van der Waals surface area contributed by atoms with Crippen molar-refractivity contribution in [1.29, 1.82) is 0 Å². The number of thiophene rings is 1. The Hall–Kier alpha value is -1.35. The lowest BCUT2D eigenvalue weighted by Gasteiger charge is -2.03. The molecule has 0 saturated carbocycles. The number of nitrogens with zero attached hydrogens (tertiary/aromatic N) is 1. The van der Waals surface area contributed by atoms with Crippen LogP contribution in [-0.4, -0.2) is 4.57 Å². The van der Waals surface area contributed by atoms with Gasteiger partial charge in [-0.3, -0.25) is 4.79 Å². The van der Waals surface area contributed by atoms with Gasteiger partial charge in [0.25, 0.3) is 5.56 Å². The highest BCUT2D eigenvalue weighted by Crippen LogP contribution is 2.09. The second kappa shape index (κ2) is 3.80. The van der Waals surface area contributed by atoms with Gasteiger partial charge in [0.05, 0.1) is 6.54 Å². The summed E-state index contributed by atoms with van der Waals surface area (Å²) in [4.78, 5) is 12.7. The third kappa shape index (κ3) is 1.93. The number of hydrogen-bond acceptors (Lipinski definition) is 2. The highest BCUT2D eigenvalue weighted by atomic mass is 32.1. The van der Waals surface area contributed by atoms with Crippen LogP contribution in [0.15, 0.2) is 40.6 Å². The first-order valence-electron chi connectivity index (χ1n) is 4.45. The van der Waals surface area contributed by atoms with E-state index < -0.39 is 0 Å². The molecule has 0 amide bonds. The monoisotopic (exact) mass is 205 g/mol. The molecular weight excluding hydrogens is 194 g/mol. The molecule has 0 bridgehead atoms. The molecule has 0 radical (unpaired) electrons. The van der Waals surface area contributed by atoms with E-state index in [1.807, 2.05) is 36.7 Å². The smallest absolute Gasteiger partial charge is 0.251 e. The van der Waals surface area contributed by atoms with Gasteiger partial charge in [-0.2, -0.15) is 0 Å². The summed E-state index contributed by atoms with van der Waals surface area (Å²) in [5.41, 5.74) is 1.08. The van der Waals surface area contributed by atoms with Crippen molar-refractivity contribution in [3.8, 4) is 0 Å². The van der Waals surface area contributed by atoms with Crippen LogP contribution in [0.1, 0.15) is 10.4 Å². The predicted octanol–water partition coefficient (Wildman–Crippen LogP) is 2.27. The number of hydrogen-bond donors (Lipinski definition) is 0. The number of aryl methyl sites for hydroxylation is 1. The molecule has 0 spiro atoms. The standard InChI is InChI=1S/C11H11NOS/c1-9-4-5-12(11(13)7-9)8-10-3-2-6-14-10/h2-7H,8H2,1H3. The van der Waals surface area contributed by atoms with E-state index in [4.69, 9.17) is 0 Å². The molecule has 0 aliphatic heterocycles. The van der Waals surface area contributed by atoms with Gasteiger partial charge in [0.1, 0.15) is 0 Å². The fourth-order valence-electron chi connectivity index (χ4n) is 1.31. The first kappa shape index (κ1) is 9.21. The second-order valence-corrected chi connectivity index (χ2v) is 4.28. The Kier molecular flexibility index (Phi) is 2.50. The van der Waals surface area contributed by atoms with Gasteiger partial charge >= 0.3 is 0 Å². The van der Waals surface area contributed by atoms with E-state index in [1.165, 1.54) is 4.88 Å². The zero-order chi connectivity index (χ0) is 9.97. The van der Waals surface area contributed by atoms with E-state index in [2.05, 4.69) is 0 Å². The van der Waals surface area contributed by atoms with Crippen molar-refractivity contribution in [3.63, 3.8) is 0 Å². The zero-order valence-electron chi connectivity index (χ0n) is 7.93. The highest BCUT2D eigenvalue weighted by molar-refractivity contribution is 7.09. The summed E-state index contributed by atoms with van der Waals surface area (Å²) in [6.07, 6.45) is 1.84. The molecule has 0 N–H and O–H groups in total. The minimum atomic E-state index is 0.0680. The maximum absolute atomic E-state index is 11.5. The highest BCUT2D eigenvalue weighted by Gasteiger charge is 1.98. The van der Waals surface area contributed by atoms with E-state index in [0.717, 1.165) is 5.56 Å². The Balaban J connectivity index is 2.30. The maximum atomic E-state index is 11.5. The fourth-order valence-corrected chi connectivity index (χ4v) is 2.01. The Morgan fingerprint density at radius 3 is 2.93 bits per heavy atom. The lowest BCUT2D eigenvalue weighted by molar-refractivity contribution is 0.767. The van der Waals surface area contributed by atoms with E-state index in [-0.39, 0.29) is 5.56 Å². The van der Waals surface area contributed by atoms with E-state index in [1.54, 1.807) is 22.0 Å². The molecule has 0 unspecified atom stereocenters. The molecule has 2 aromatic rings. The largest absolute Gasteiger partial charge is 0.310 e. The Morgan fingerprint density at radius 2 is 2.29 bits per heavy atom. The van der Waals surface area contributed by atoms with Crippen LogP contribution in [0.4, 0.5) is 0 Å². The van der Waals surface area contributed by atoms with Crippen LogP contribution in [0.2, 0.25) is 0 Å². The van der Waals surface area contributed by atoms with Crippen molar-refractivity contribution < 1.29 is 0 Å². The van der Waals surface area contributed by atoms with E-state index >= 15 is 0 Å². The van der Waals surface area contributed by atoms with Gasteiger partial charge in [-0.1, -0.05) is 6.07 Å². The van der Waals surface area contributed by atoms with Gasteiger partial charge in [-0.15, -0.1) is 11.3 Å².